The molecule has 5 heteroatoms. The van der Waals surface area contributed by atoms with Gasteiger partial charge in [0, 0.05) is 18.5 Å². The van der Waals surface area contributed by atoms with Gasteiger partial charge in [0.1, 0.15) is 11.6 Å². The minimum Gasteiger partial charge on any atom is -0.309 e. The molecule has 0 bridgehead atoms. The molecule has 1 fully saturated rings. The molecule has 1 atom stereocenters. The van der Waals surface area contributed by atoms with Crippen LogP contribution in [0.1, 0.15) is 25.1 Å². The lowest BCUT2D eigenvalue weighted by Crippen LogP contribution is -2.50. The molecular formula is C21H20FN3O. The second-order valence-corrected chi connectivity index (χ2v) is 7.50. The number of rotatable bonds is 1. The molecule has 0 saturated carbocycles. The highest BCUT2D eigenvalue weighted by molar-refractivity contribution is 5.83. The molecule has 3 aromatic rings. The zero-order valence-corrected chi connectivity index (χ0v) is 14.5. The first-order valence-corrected chi connectivity index (χ1v) is 9.18. The van der Waals surface area contributed by atoms with Gasteiger partial charge >= 0.3 is 0 Å². The van der Waals surface area contributed by atoms with E-state index < -0.39 is 0 Å². The van der Waals surface area contributed by atoms with Gasteiger partial charge in [0.25, 0.3) is 5.56 Å². The maximum atomic E-state index is 13.5. The Hall–Kier alpha value is -2.53. The summed E-state index contributed by atoms with van der Waals surface area (Å²) in [5.41, 5.74) is 2.37. The van der Waals surface area contributed by atoms with Gasteiger partial charge in [-0.2, -0.15) is 0 Å². The lowest BCUT2D eigenvalue weighted by atomic mass is 9.88. The zero-order chi connectivity index (χ0) is 17.7. The summed E-state index contributed by atoms with van der Waals surface area (Å²) in [6.45, 7) is 1.71. The summed E-state index contributed by atoms with van der Waals surface area (Å²) < 4.78 is 15.4. The molecule has 2 aromatic carbocycles. The van der Waals surface area contributed by atoms with Gasteiger partial charge in [-0.05, 0) is 54.8 Å². The summed E-state index contributed by atoms with van der Waals surface area (Å²) in [5, 5.41) is 4.25. The quantitative estimate of drug-likeness (QED) is 0.733. The standard InChI is InChI=1S/C21H20FN3O/c22-16-5-3-4-14(10-16)15-6-7-17-18(11-15)24-19-12-21(8-1-2-9-23-21)13-25(19)20(17)26/h3-7,10-11,23H,1-2,8-9,12-13H2. The minimum atomic E-state index is -0.269. The lowest BCUT2D eigenvalue weighted by molar-refractivity contribution is 0.248. The van der Waals surface area contributed by atoms with E-state index in [4.69, 9.17) is 4.98 Å². The third-order valence-corrected chi connectivity index (χ3v) is 5.73. The molecule has 132 valence electrons. The van der Waals surface area contributed by atoms with E-state index in [1.54, 1.807) is 6.07 Å². The molecular weight excluding hydrogens is 329 g/mol. The van der Waals surface area contributed by atoms with Crippen LogP contribution in [0.4, 0.5) is 4.39 Å². The number of fused-ring (bicyclic) bond motifs is 2. The highest BCUT2D eigenvalue weighted by Gasteiger charge is 2.39. The Kier molecular flexibility index (Phi) is 3.47. The Morgan fingerprint density at radius 1 is 1.12 bits per heavy atom. The SMILES string of the molecule is O=c1c2ccc(-c3cccc(F)c3)cc2nc2n1CC1(CCCCN1)C2. The van der Waals surface area contributed by atoms with Crippen molar-refractivity contribution >= 4 is 10.9 Å². The van der Waals surface area contributed by atoms with Crippen LogP contribution in [0.15, 0.2) is 47.3 Å². The number of hydrogen-bond acceptors (Lipinski definition) is 3. The van der Waals surface area contributed by atoms with E-state index in [9.17, 15) is 9.18 Å². The highest BCUT2D eigenvalue weighted by Crippen LogP contribution is 2.31. The van der Waals surface area contributed by atoms with Crippen molar-refractivity contribution in [3.63, 3.8) is 0 Å². The molecule has 2 aliphatic heterocycles. The van der Waals surface area contributed by atoms with Gasteiger partial charge in [-0.25, -0.2) is 9.37 Å². The smallest absolute Gasteiger partial charge is 0.261 e. The molecule has 5 rings (SSSR count). The van der Waals surface area contributed by atoms with E-state index in [1.165, 1.54) is 25.0 Å². The van der Waals surface area contributed by atoms with Crippen molar-refractivity contribution < 1.29 is 4.39 Å². The highest BCUT2D eigenvalue weighted by atomic mass is 19.1. The lowest BCUT2D eigenvalue weighted by Gasteiger charge is -2.33. The van der Waals surface area contributed by atoms with E-state index in [2.05, 4.69) is 5.32 Å². The summed E-state index contributed by atoms with van der Waals surface area (Å²) in [6, 6.07) is 12.1. The Balaban J connectivity index is 1.61. The van der Waals surface area contributed by atoms with Crippen molar-refractivity contribution in [3.8, 4) is 11.1 Å². The van der Waals surface area contributed by atoms with E-state index in [1.807, 2.05) is 28.8 Å². The summed E-state index contributed by atoms with van der Waals surface area (Å²) in [6.07, 6.45) is 4.27. The molecule has 1 unspecified atom stereocenters. The maximum absolute atomic E-state index is 13.5. The summed E-state index contributed by atoms with van der Waals surface area (Å²) >= 11 is 0. The van der Waals surface area contributed by atoms with Gasteiger partial charge in [-0.1, -0.05) is 24.6 Å². The number of aromatic nitrogens is 2. The van der Waals surface area contributed by atoms with E-state index in [0.717, 1.165) is 36.3 Å². The van der Waals surface area contributed by atoms with E-state index >= 15 is 0 Å². The van der Waals surface area contributed by atoms with Gasteiger partial charge in [-0.15, -0.1) is 0 Å². The predicted molar refractivity (Wildman–Crippen MR) is 99.7 cm³/mol. The topological polar surface area (TPSA) is 46.9 Å². The fourth-order valence-electron chi connectivity index (χ4n) is 4.39. The monoisotopic (exact) mass is 349 g/mol. The summed E-state index contributed by atoms with van der Waals surface area (Å²) in [7, 11) is 0. The molecule has 0 amide bonds. The molecule has 0 radical (unpaired) electrons. The van der Waals surface area contributed by atoms with Crippen LogP contribution >= 0.6 is 0 Å². The minimum absolute atomic E-state index is 0.0137. The second kappa shape index (κ2) is 5.74. The Bertz CT molecular complexity index is 1070. The van der Waals surface area contributed by atoms with Crippen LogP contribution in [0.2, 0.25) is 0 Å². The Labute approximate surface area is 150 Å². The third kappa shape index (κ3) is 2.46. The molecule has 26 heavy (non-hydrogen) atoms. The maximum Gasteiger partial charge on any atom is 0.261 e. The fraction of sp³-hybridized carbons (Fsp3) is 0.333. The van der Waals surface area contributed by atoms with Gasteiger partial charge < -0.3 is 5.32 Å². The van der Waals surface area contributed by atoms with E-state index in [0.29, 0.717) is 17.4 Å². The second-order valence-electron chi connectivity index (χ2n) is 7.50. The van der Waals surface area contributed by atoms with Gasteiger partial charge in [0.05, 0.1) is 10.9 Å². The zero-order valence-electron chi connectivity index (χ0n) is 14.5. The number of halogens is 1. The average Bonchev–Trinajstić information content (AvgIpc) is 3.00. The van der Waals surface area contributed by atoms with Crippen LogP contribution in [-0.2, 0) is 13.0 Å². The number of hydrogen-bond donors (Lipinski definition) is 1. The van der Waals surface area contributed by atoms with Crippen molar-refractivity contribution in [2.45, 2.75) is 37.8 Å². The number of benzene rings is 2. The average molecular weight is 349 g/mol. The van der Waals surface area contributed by atoms with Gasteiger partial charge in [-0.3, -0.25) is 9.36 Å². The van der Waals surface area contributed by atoms with Crippen LogP contribution in [-0.4, -0.2) is 21.6 Å². The third-order valence-electron chi connectivity index (χ3n) is 5.73. The first-order chi connectivity index (χ1) is 12.6. The van der Waals surface area contributed by atoms with Crippen LogP contribution in [0.25, 0.3) is 22.0 Å². The van der Waals surface area contributed by atoms with Crippen molar-refractivity contribution in [3.05, 3.63) is 64.5 Å². The van der Waals surface area contributed by atoms with E-state index in [-0.39, 0.29) is 16.9 Å². The number of piperidine rings is 1. The fourth-order valence-corrected chi connectivity index (χ4v) is 4.39. The van der Waals surface area contributed by atoms with Crippen LogP contribution < -0.4 is 10.9 Å². The number of nitrogens with one attached hydrogen (secondary N) is 1. The largest absolute Gasteiger partial charge is 0.309 e. The van der Waals surface area contributed by atoms with Gasteiger partial charge in [0.15, 0.2) is 0 Å². The molecule has 3 heterocycles. The first kappa shape index (κ1) is 15.7. The molecule has 4 nitrogen and oxygen atoms in total. The molecule has 2 aliphatic rings. The summed E-state index contributed by atoms with van der Waals surface area (Å²) in [4.78, 5) is 17.8. The van der Waals surface area contributed by atoms with Crippen LogP contribution in [0, 0.1) is 5.82 Å². The molecule has 1 saturated heterocycles. The Morgan fingerprint density at radius 3 is 2.81 bits per heavy atom. The normalized spacial score (nSPS) is 22.0. The Morgan fingerprint density at radius 2 is 2.00 bits per heavy atom. The summed E-state index contributed by atoms with van der Waals surface area (Å²) in [5.74, 6) is 0.586. The van der Waals surface area contributed by atoms with Crippen molar-refractivity contribution in [2.75, 3.05) is 6.54 Å². The molecule has 0 aliphatic carbocycles. The number of nitrogens with zero attached hydrogens (tertiary/aromatic N) is 2. The first-order valence-electron chi connectivity index (χ1n) is 9.18. The van der Waals surface area contributed by atoms with Crippen molar-refractivity contribution in [2.24, 2.45) is 0 Å². The van der Waals surface area contributed by atoms with Crippen molar-refractivity contribution in [1.82, 2.24) is 14.9 Å². The molecule has 1 aromatic heterocycles. The van der Waals surface area contributed by atoms with Crippen molar-refractivity contribution in [1.29, 1.82) is 0 Å². The van der Waals surface area contributed by atoms with Crippen LogP contribution in [0.3, 0.4) is 0 Å². The molecule has 1 N–H and O–H groups in total. The molecule has 1 spiro atoms. The van der Waals surface area contributed by atoms with Gasteiger partial charge in [0.2, 0.25) is 0 Å². The predicted octanol–water partition coefficient (Wildman–Crippen LogP) is 3.27. The van der Waals surface area contributed by atoms with Crippen LogP contribution in [0.5, 0.6) is 0 Å².